The standard InChI is InChI=1S/C16H20N4O/c1-10(2)17-14-7-8-15(20-19-14)18-16(21)13-6-5-11(3)12(4)9-13/h5-10H,1-4H3,(H,17,19)(H,18,20,21). The van der Waals surface area contributed by atoms with Crippen LogP contribution in [-0.4, -0.2) is 22.1 Å². The molecule has 0 aliphatic heterocycles. The van der Waals surface area contributed by atoms with Crippen LogP contribution in [-0.2, 0) is 0 Å². The van der Waals surface area contributed by atoms with E-state index in [1.54, 1.807) is 18.2 Å². The average molecular weight is 284 g/mol. The normalized spacial score (nSPS) is 10.5. The van der Waals surface area contributed by atoms with E-state index in [4.69, 9.17) is 0 Å². The number of aryl methyl sites for hydroxylation is 2. The molecule has 5 nitrogen and oxygen atoms in total. The van der Waals surface area contributed by atoms with E-state index in [1.165, 1.54) is 0 Å². The van der Waals surface area contributed by atoms with Gasteiger partial charge >= 0.3 is 0 Å². The van der Waals surface area contributed by atoms with E-state index in [0.29, 0.717) is 17.2 Å². The molecule has 0 aliphatic rings. The van der Waals surface area contributed by atoms with Crippen LogP contribution in [0, 0.1) is 13.8 Å². The molecule has 1 amide bonds. The van der Waals surface area contributed by atoms with Crippen LogP contribution in [0.25, 0.3) is 0 Å². The van der Waals surface area contributed by atoms with Gasteiger partial charge in [0.2, 0.25) is 0 Å². The second-order valence-electron chi connectivity index (χ2n) is 5.36. The summed E-state index contributed by atoms with van der Waals surface area (Å²) in [5, 5.41) is 13.9. The molecular weight excluding hydrogens is 264 g/mol. The van der Waals surface area contributed by atoms with Crippen molar-refractivity contribution in [3.05, 3.63) is 47.0 Å². The van der Waals surface area contributed by atoms with Crippen LogP contribution >= 0.6 is 0 Å². The zero-order valence-corrected chi connectivity index (χ0v) is 12.8. The van der Waals surface area contributed by atoms with E-state index in [0.717, 1.165) is 11.1 Å². The Morgan fingerprint density at radius 2 is 1.67 bits per heavy atom. The van der Waals surface area contributed by atoms with Crippen molar-refractivity contribution < 1.29 is 4.79 Å². The largest absolute Gasteiger partial charge is 0.366 e. The van der Waals surface area contributed by atoms with Crippen molar-refractivity contribution in [1.29, 1.82) is 0 Å². The van der Waals surface area contributed by atoms with Gasteiger partial charge in [0.25, 0.3) is 5.91 Å². The van der Waals surface area contributed by atoms with E-state index >= 15 is 0 Å². The molecular formula is C16H20N4O. The summed E-state index contributed by atoms with van der Waals surface area (Å²) in [6.07, 6.45) is 0. The van der Waals surface area contributed by atoms with Crippen LogP contribution in [0.1, 0.15) is 35.3 Å². The third-order valence-corrected chi connectivity index (χ3v) is 3.11. The van der Waals surface area contributed by atoms with Crippen molar-refractivity contribution in [3.63, 3.8) is 0 Å². The van der Waals surface area contributed by atoms with Crippen molar-refractivity contribution in [2.75, 3.05) is 10.6 Å². The molecule has 0 atom stereocenters. The highest BCUT2D eigenvalue weighted by Crippen LogP contribution is 2.12. The fraction of sp³-hybridized carbons (Fsp3) is 0.312. The van der Waals surface area contributed by atoms with Crippen molar-refractivity contribution >= 4 is 17.5 Å². The third-order valence-electron chi connectivity index (χ3n) is 3.11. The van der Waals surface area contributed by atoms with E-state index in [1.807, 2.05) is 39.8 Å². The first-order valence-electron chi connectivity index (χ1n) is 6.94. The number of carbonyl (C=O) groups is 1. The van der Waals surface area contributed by atoms with Crippen molar-refractivity contribution in [2.45, 2.75) is 33.7 Å². The Morgan fingerprint density at radius 1 is 1.00 bits per heavy atom. The maximum Gasteiger partial charge on any atom is 0.256 e. The van der Waals surface area contributed by atoms with E-state index in [-0.39, 0.29) is 11.9 Å². The Bertz CT molecular complexity index is 635. The lowest BCUT2D eigenvalue weighted by Crippen LogP contribution is -2.15. The van der Waals surface area contributed by atoms with Gasteiger partial charge in [-0.15, -0.1) is 10.2 Å². The summed E-state index contributed by atoms with van der Waals surface area (Å²) >= 11 is 0. The van der Waals surface area contributed by atoms with E-state index in [9.17, 15) is 4.79 Å². The highest BCUT2D eigenvalue weighted by atomic mass is 16.1. The molecule has 1 heterocycles. The fourth-order valence-electron chi connectivity index (χ4n) is 1.84. The van der Waals surface area contributed by atoms with Crippen LogP contribution in [0.15, 0.2) is 30.3 Å². The van der Waals surface area contributed by atoms with Crippen LogP contribution in [0.4, 0.5) is 11.6 Å². The van der Waals surface area contributed by atoms with Crippen molar-refractivity contribution in [3.8, 4) is 0 Å². The molecule has 5 heteroatoms. The minimum atomic E-state index is -0.183. The Morgan fingerprint density at radius 3 is 2.24 bits per heavy atom. The number of amides is 1. The van der Waals surface area contributed by atoms with Crippen molar-refractivity contribution in [1.82, 2.24) is 10.2 Å². The summed E-state index contributed by atoms with van der Waals surface area (Å²) in [6.45, 7) is 8.05. The molecule has 0 fully saturated rings. The first-order valence-corrected chi connectivity index (χ1v) is 6.94. The number of benzene rings is 1. The van der Waals surface area contributed by atoms with Gasteiger partial charge in [0, 0.05) is 11.6 Å². The molecule has 0 aliphatic carbocycles. The number of rotatable bonds is 4. The molecule has 2 rings (SSSR count). The maximum atomic E-state index is 12.1. The molecule has 0 saturated carbocycles. The highest BCUT2D eigenvalue weighted by molar-refractivity contribution is 6.03. The lowest BCUT2D eigenvalue weighted by molar-refractivity contribution is 0.102. The number of carbonyl (C=O) groups excluding carboxylic acids is 1. The van der Waals surface area contributed by atoms with Gasteiger partial charge in [0.05, 0.1) is 0 Å². The van der Waals surface area contributed by atoms with Crippen LogP contribution in [0.5, 0.6) is 0 Å². The molecule has 0 spiro atoms. The van der Waals surface area contributed by atoms with Gasteiger partial charge in [0.1, 0.15) is 5.82 Å². The molecule has 0 bridgehead atoms. The first-order chi connectivity index (χ1) is 9.95. The second kappa shape index (κ2) is 6.35. The summed E-state index contributed by atoms with van der Waals surface area (Å²) < 4.78 is 0. The van der Waals surface area contributed by atoms with Gasteiger partial charge in [-0.05, 0) is 63.1 Å². The van der Waals surface area contributed by atoms with Crippen LogP contribution in [0.3, 0.4) is 0 Å². The van der Waals surface area contributed by atoms with Gasteiger partial charge in [-0.2, -0.15) is 0 Å². The maximum absolute atomic E-state index is 12.1. The minimum Gasteiger partial charge on any atom is -0.366 e. The Balaban J connectivity index is 2.06. The molecule has 0 radical (unpaired) electrons. The lowest BCUT2D eigenvalue weighted by Gasteiger charge is -2.09. The van der Waals surface area contributed by atoms with Gasteiger partial charge in [-0.3, -0.25) is 4.79 Å². The summed E-state index contributed by atoms with van der Waals surface area (Å²) in [6, 6.07) is 9.42. The summed E-state index contributed by atoms with van der Waals surface area (Å²) in [7, 11) is 0. The van der Waals surface area contributed by atoms with Gasteiger partial charge in [-0.1, -0.05) is 6.07 Å². The number of nitrogens with one attached hydrogen (secondary N) is 2. The topological polar surface area (TPSA) is 66.9 Å². The SMILES string of the molecule is Cc1ccc(C(=O)Nc2ccc(NC(C)C)nn2)cc1C. The summed E-state index contributed by atoms with van der Waals surface area (Å²) in [4.78, 5) is 12.1. The molecule has 1 aromatic heterocycles. The number of hydrogen-bond acceptors (Lipinski definition) is 4. The van der Waals surface area contributed by atoms with Crippen LogP contribution in [0.2, 0.25) is 0 Å². The zero-order chi connectivity index (χ0) is 15.4. The Hall–Kier alpha value is -2.43. The molecule has 1 aromatic carbocycles. The predicted octanol–water partition coefficient (Wildman–Crippen LogP) is 3.17. The van der Waals surface area contributed by atoms with Gasteiger partial charge < -0.3 is 10.6 Å². The minimum absolute atomic E-state index is 0.183. The van der Waals surface area contributed by atoms with Gasteiger partial charge in [-0.25, -0.2) is 0 Å². The smallest absolute Gasteiger partial charge is 0.256 e. The quantitative estimate of drug-likeness (QED) is 0.905. The number of aromatic nitrogens is 2. The monoisotopic (exact) mass is 284 g/mol. The number of nitrogens with zero attached hydrogens (tertiary/aromatic N) is 2. The Labute approximate surface area is 124 Å². The molecule has 21 heavy (non-hydrogen) atoms. The molecule has 0 saturated heterocycles. The predicted molar refractivity (Wildman–Crippen MR) is 84.7 cm³/mol. The fourth-order valence-corrected chi connectivity index (χ4v) is 1.84. The number of anilines is 2. The summed E-state index contributed by atoms with van der Waals surface area (Å²) in [5.41, 5.74) is 2.87. The highest BCUT2D eigenvalue weighted by Gasteiger charge is 2.08. The molecule has 2 N–H and O–H groups in total. The van der Waals surface area contributed by atoms with Crippen molar-refractivity contribution in [2.24, 2.45) is 0 Å². The molecule has 0 unspecified atom stereocenters. The van der Waals surface area contributed by atoms with E-state index in [2.05, 4.69) is 20.8 Å². The van der Waals surface area contributed by atoms with Gasteiger partial charge in [0.15, 0.2) is 5.82 Å². The van der Waals surface area contributed by atoms with E-state index < -0.39 is 0 Å². The van der Waals surface area contributed by atoms with Crippen LogP contribution < -0.4 is 10.6 Å². The summed E-state index contributed by atoms with van der Waals surface area (Å²) in [5.74, 6) is 0.943. The average Bonchev–Trinajstić information content (AvgIpc) is 2.43. The Kier molecular flexibility index (Phi) is 4.52. The lowest BCUT2D eigenvalue weighted by atomic mass is 10.1. The molecule has 2 aromatic rings. The molecule has 110 valence electrons. The number of hydrogen-bond donors (Lipinski definition) is 2. The third kappa shape index (κ3) is 4.02. The second-order valence-corrected chi connectivity index (χ2v) is 5.36. The zero-order valence-electron chi connectivity index (χ0n) is 12.8. The first kappa shape index (κ1) is 15.0.